The Hall–Kier alpha value is -2.51. The number of hydrogen-bond donors (Lipinski definition) is 1. The van der Waals surface area contributed by atoms with Crippen molar-refractivity contribution >= 4 is 29.3 Å². The average molecular weight is 443 g/mol. The molecule has 1 amide bonds. The Balaban J connectivity index is 1.30. The van der Waals surface area contributed by atoms with Crippen molar-refractivity contribution in [2.75, 3.05) is 13.1 Å². The number of H-pyrrole nitrogens is 1. The SMILES string of the molecule is O=C(c1cccc(CSc2n[nH]c(COc3ccc(Cl)cc3)n2)c1)N1CCCCC1. The second-order valence-electron chi connectivity index (χ2n) is 7.15. The number of nitrogens with one attached hydrogen (secondary N) is 1. The van der Waals surface area contributed by atoms with Gasteiger partial charge in [-0.3, -0.25) is 9.89 Å². The fourth-order valence-electron chi connectivity index (χ4n) is 3.31. The van der Waals surface area contributed by atoms with Crippen molar-refractivity contribution in [1.29, 1.82) is 0 Å². The van der Waals surface area contributed by atoms with Crippen LogP contribution in [0.15, 0.2) is 53.7 Å². The molecule has 156 valence electrons. The lowest BCUT2D eigenvalue weighted by atomic mass is 10.1. The lowest BCUT2D eigenvalue weighted by Crippen LogP contribution is -2.35. The molecule has 3 aromatic rings. The van der Waals surface area contributed by atoms with Gasteiger partial charge < -0.3 is 9.64 Å². The number of rotatable bonds is 7. The number of amides is 1. The van der Waals surface area contributed by atoms with Gasteiger partial charge in [-0.1, -0.05) is 35.5 Å². The Bertz CT molecular complexity index is 987. The predicted octanol–water partition coefficient (Wildman–Crippen LogP) is 4.96. The number of carbonyl (C=O) groups is 1. The quantitative estimate of drug-likeness (QED) is 0.524. The lowest BCUT2D eigenvalue weighted by Gasteiger charge is -2.26. The maximum absolute atomic E-state index is 12.7. The number of hydrogen-bond acceptors (Lipinski definition) is 5. The molecule has 1 saturated heterocycles. The number of likely N-dealkylation sites (tertiary alicyclic amines) is 1. The summed E-state index contributed by atoms with van der Waals surface area (Å²) in [6.07, 6.45) is 3.40. The van der Waals surface area contributed by atoms with E-state index in [9.17, 15) is 4.79 Å². The van der Waals surface area contributed by atoms with Crippen LogP contribution in [-0.4, -0.2) is 39.1 Å². The standard InChI is InChI=1S/C22H23ClN4O2S/c23-18-7-9-19(10-8-18)29-14-20-24-22(26-25-20)30-15-16-5-4-6-17(13-16)21(28)27-11-2-1-3-12-27/h4-10,13H,1-3,11-12,14-15H2,(H,24,25,26). The third-order valence-electron chi connectivity index (χ3n) is 4.89. The molecule has 0 spiro atoms. The lowest BCUT2D eigenvalue weighted by molar-refractivity contribution is 0.0724. The zero-order chi connectivity index (χ0) is 20.8. The van der Waals surface area contributed by atoms with Gasteiger partial charge in [-0.2, -0.15) is 0 Å². The minimum atomic E-state index is 0.126. The van der Waals surface area contributed by atoms with Crippen LogP contribution in [0.3, 0.4) is 0 Å². The summed E-state index contributed by atoms with van der Waals surface area (Å²) >= 11 is 7.40. The van der Waals surface area contributed by atoms with E-state index in [1.807, 2.05) is 41.3 Å². The van der Waals surface area contributed by atoms with Crippen LogP contribution in [0.2, 0.25) is 5.02 Å². The largest absolute Gasteiger partial charge is 0.486 e. The first kappa shape index (κ1) is 20.8. The van der Waals surface area contributed by atoms with Crippen LogP contribution in [0.4, 0.5) is 0 Å². The van der Waals surface area contributed by atoms with Crippen LogP contribution in [-0.2, 0) is 12.4 Å². The molecule has 1 N–H and O–H groups in total. The van der Waals surface area contributed by atoms with Gasteiger partial charge in [-0.25, -0.2) is 4.98 Å². The van der Waals surface area contributed by atoms with Gasteiger partial charge in [-0.15, -0.1) is 5.10 Å². The number of nitrogens with zero attached hydrogens (tertiary/aromatic N) is 3. The number of thioether (sulfide) groups is 1. The van der Waals surface area contributed by atoms with E-state index in [2.05, 4.69) is 15.2 Å². The summed E-state index contributed by atoms with van der Waals surface area (Å²) in [4.78, 5) is 19.1. The van der Waals surface area contributed by atoms with E-state index in [4.69, 9.17) is 16.3 Å². The molecular formula is C22H23ClN4O2S. The Morgan fingerprint density at radius 3 is 2.73 bits per heavy atom. The maximum atomic E-state index is 12.7. The first-order valence-corrected chi connectivity index (χ1v) is 11.3. The number of halogens is 1. The predicted molar refractivity (Wildman–Crippen MR) is 118 cm³/mol. The van der Waals surface area contributed by atoms with E-state index in [1.165, 1.54) is 18.2 Å². The van der Waals surface area contributed by atoms with Crippen molar-refractivity contribution in [1.82, 2.24) is 20.1 Å². The summed E-state index contributed by atoms with van der Waals surface area (Å²) in [6, 6.07) is 15.0. The summed E-state index contributed by atoms with van der Waals surface area (Å²) in [5.74, 6) is 2.19. The normalized spacial score (nSPS) is 14.0. The number of aromatic nitrogens is 3. The third kappa shape index (κ3) is 5.55. The first-order chi connectivity index (χ1) is 14.7. The van der Waals surface area contributed by atoms with Crippen LogP contribution >= 0.6 is 23.4 Å². The number of carbonyl (C=O) groups excluding carboxylic acids is 1. The van der Waals surface area contributed by atoms with Gasteiger partial charge in [0, 0.05) is 29.4 Å². The zero-order valence-corrected chi connectivity index (χ0v) is 18.1. The van der Waals surface area contributed by atoms with Crippen LogP contribution in [0.5, 0.6) is 5.75 Å². The molecule has 0 unspecified atom stereocenters. The van der Waals surface area contributed by atoms with Crippen molar-refractivity contribution in [2.45, 2.75) is 36.8 Å². The van der Waals surface area contributed by atoms with E-state index < -0.39 is 0 Å². The number of aromatic amines is 1. The topological polar surface area (TPSA) is 71.1 Å². The highest BCUT2D eigenvalue weighted by atomic mass is 35.5. The molecule has 6 nitrogen and oxygen atoms in total. The highest BCUT2D eigenvalue weighted by Crippen LogP contribution is 2.22. The first-order valence-electron chi connectivity index (χ1n) is 9.98. The molecule has 0 radical (unpaired) electrons. The van der Waals surface area contributed by atoms with Gasteiger partial charge in [0.15, 0.2) is 5.82 Å². The molecule has 2 aromatic carbocycles. The fraction of sp³-hybridized carbons (Fsp3) is 0.318. The minimum Gasteiger partial charge on any atom is -0.486 e. The van der Waals surface area contributed by atoms with Crippen molar-refractivity contribution in [2.24, 2.45) is 0 Å². The smallest absolute Gasteiger partial charge is 0.253 e. The molecule has 1 aliphatic heterocycles. The van der Waals surface area contributed by atoms with Crippen molar-refractivity contribution in [3.05, 3.63) is 70.5 Å². The summed E-state index contributed by atoms with van der Waals surface area (Å²) < 4.78 is 5.68. The monoisotopic (exact) mass is 442 g/mol. The number of ether oxygens (including phenoxy) is 1. The summed E-state index contributed by atoms with van der Waals surface area (Å²) in [5.41, 5.74) is 1.83. The molecular weight excluding hydrogens is 420 g/mol. The van der Waals surface area contributed by atoms with Gasteiger partial charge in [0.2, 0.25) is 5.16 Å². The highest BCUT2D eigenvalue weighted by molar-refractivity contribution is 7.98. The molecule has 1 fully saturated rings. The average Bonchev–Trinajstić information content (AvgIpc) is 3.25. The van der Waals surface area contributed by atoms with Crippen LogP contribution in [0.1, 0.15) is 41.0 Å². The van der Waals surface area contributed by atoms with Crippen molar-refractivity contribution < 1.29 is 9.53 Å². The van der Waals surface area contributed by atoms with Gasteiger partial charge in [0.05, 0.1) is 0 Å². The molecule has 8 heteroatoms. The summed E-state index contributed by atoms with van der Waals surface area (Å²) in [5, 5.41) is 8.46. The van der Waals surface area contributed by atoms with E-state index in [0.29, 0.717) is 28.4 Å². The molecule has 1 aromatic heterocycles. The van der Waals surface area contributed by atoms with Gasteiger partial charge >= 0.3 is 0 Å². The van der Waals surface area contributed by atoms with E-state index in [0.717, 1.165) is 42.8 Å². The van der Waals surface area contributed by atoms with Crippen LogP contribution in [0.25, 0.3) is 0 Å². The summed E-state index contributed by atoms with van der Waals surface area (Å²) in [7, 11) is 0. The Morgan fingerprint density at radius 1 is 1.13 bits per heavy atom. The van der Waals surface area contributed by atoms with Crippen molar-refractivity contribution in [3.8, 4) is 5.75 Å². The van der Waals surface area contributed by atoms with Crippen LogP contribution < -0.4 is 4.74 Å². The third-order valence-corrected chi connectivity index (χ3v) is 6.06. The maximum Gasteiger partial charge on any atom is 0.253 e. The number of piperidine rings is 1. The summed E-state index contributed by atoms with van der Waals surface area (Å²) in [6.45, 7) is 2.01. The van der Waals surface area contributed by atoms with Crippen LogP contribution in [0, 0.1) is 0 Å². The Morgan fingerprint density at radius 2 is 1.93 bits per heavy atom. The van der Waals surface area contributed by atoms with Crippen molar-refractivity contribution in [3.63, 3.8) is 0 Å². The van der Waals surface area contributed by atoms with E-state index in [1.54, 1.807) is 12.1 Å². The molecule has 2 heterocycles. The Labute approximate surface area is 185 Å². The van der Waals surface area contributed by atoms with E-state index in [-0.39, 0.29) is 5.91 Å². The molecule has 0 bridgehead atoms. The molecule has 1 aliphatic rings. The van der Waals surface area contributed by atoms with Gasteiger partial charge in [-0.05, 0) is 61.2 Å². The second-order valence-corrected chi connectivity index (χ2v) is 8.53. The molecule has 0 aliphatic carbocycles. The fourth-order valence-corrected chi connectivity index (χ4v) is 4.20. The van der Waals surface area contributed by atoms with E-state index >= 15 is 0 Å². The highest BCUT2D eigenvalue weighted by Gasteiger charge is 2.18. The Kier molecular flexibility index (Phi) is 6.92. The molecule has 4 rings (SSSR count). The number of benzene rings is 2. The molecule has 0 saturated carbocycles. The molecule has 30 heavy (non-hydrogen) atoms. The van der Waals surface area contributed by atoms with Gasteiger partial charge in [0.25, 0.3) is 5.91 Å². The minimum absolute atomic E-state index is 0.126. The molecule has 0 atom stereocenters. The van der Waals surface area contributed by atoms with Gasteiger partial charge in [0.1, 0.15) is 12.4 Å². The second kappa shape index (κ2) is 10.00. The zero-order valence-electron chi connectivity index (χ0n) is 16.5.